The van der Waals surface area contributed by atoms with Crippen molar-refractivity contribution < 1.29 is 9.59 Å². The van der Waals surface area contributed by atoms with Crippen molar-refractivity contribution in [3.63, 3.8) is 0 Å². The summed E-state index contributed by atoms with van der Waals surface area (Å²) in [5.41, 5.74) is 8.50. The molecule has 158 valence electrons. The Bertz CT molecular complexity index is 1080. The molecule has 0 radical (unpaired) electrons. The van der Waals surface area contributed by atoms with Gasteiger partial charge in [-0.2, -0.15) is 0 Å². The number of carbonyl (C=O) groups excluding carboxylic acids is 2. The predicted octanol–water partition coefficient (Wildman–Crippen LogP) is 5.45. The van der Waals surface area contributed by atoms with E-state index in [0.29, 0.717) is 32.2 Å². The van der Waals surface area contributed by atoms with E-state index in [1.807, 2.05) is 18.2 Å². The second kappa shape index (κ2) is 9.68. The van der Waals surface area contributed by atoms with Crippen LogP contribution in [0.5, 0.6) is 0 Å². The number of hydrogen-bond donors (Lipinski definition) is 2. The minimum absolute atomic E-state index is 0. The molecule has 2 amide bonds. The highest BCUT2D eigenvalue weighted by Gasteiger charge is 2.28. The van der Waals surface area contributed by atoms with E-state index >= 15 is 0 Å². The molecule has 10 heteroatoms. The van der Waals surface area contributed by atoms with E-state index in [1.165, 1.54) is 23.0 Å². The molecule has 0 unspecified atom stereocenters. The van der Waals surface area contributed by atoms with Gasteiger partial charge in [0.2, 0.25) is 0 Å². The van der Waals surface area contributed by atoms with Crippen molar-refractivity contribution in [3.8, 4) is 0 Å². The summed E-state index contributed by atoms with van der Waals surface area (Å²) >= 11 is 14.5. The molecule has 0 spiro atoms. The van der Waals surface area contributed by atoms with Crippen molar-refractivity contribution in [2.45, 2.75) is 19.5 Å². The average Bonchev–Trinajstić information content (AvgIpc) is 3.20. The van der Waals surface area contributed by atoms with Gasteiger partial charge in [-0.15, -0.1) is 35.1 Å². The number of thiophene rings is 2. The Morgan fingerprint density at radius 2 is 1.90 bits per heavy atom. The lowest BCUT2D eigenvalue weighted by atomic mass is 10.0. The van der Waals surface area contributed by atoms with Gasteiger partial charge in [-0.3, -0.25) is 14.5 Å². The van der Waals surface area contributed by atoms with E-state index in [-0.39, 0.29) is 18.0 Å². The van der Waals surface area contributed by atoms with Gasteiger partial charge in [-0.25, -0.2) is 0 Å². The number of hydrogen-bond acceptors (Lipinski definition) is 5. The van der Waals surface area contributed by atoms with E-state index in [2.05, 4.69) is 22.3 Å². The van der Waals surface area contributed by atoms with Gasteiger partial charge in [0, 0.05) is 24.5 Å². The van der Waals surface area contributed by atoms with Gasteiger partial charge in [0.15, 0.2) is 0 Å². The first kappa shape index (κ1) is 23.1. The number of nitrogens with two attached hydrogens (primary N) is 1. The number of anilines is 1. The number of nitrogens with one attached hydrogen (secondary N) is 1. The zero-order valence-electron chi connectivity index (χ0n) is 15.6. The van der Waals surface area contributed by atoms with Crippen LogP contribution in [0, 0.1) is 0 Å². The lowest BCUT2D eigenvalue weighted by molar-refractivity contribution is 0.0999. The van der Waals surface area contributed by atoms with Crippen molar-refractivity contribution >= 4 is 75.1 Å². The van der Waals surface area contributed by atoms with Gasteiger partial charge in [0.1, 0.15) is 9.34 Å². The van der Waals surface area contributed by atoms with Crippen LogP contribution < -0.4 is 11.1 Å². The van der Waals surface area contributed by atoms with Crippen molar-refractivity contribution in [3.05, 3.63) is 72.2 Å². The number of carbonyl (C=O) groups is 2. The molecule has 4 rings (SSSR count). The van der Waals surface area contributed by atoms with Crippen molar-refractivity contribution in [1.82, 2.24) is 4.90 Å². The standard InChI is InChI=1S/C20H17Cl2N3O2S2.ClH/c21-15-8-13(17(22)29-15)19(27)24-20-16(18(23)26)12-6-7-25(10-14(12)28-20)9-11-4-2-1-3-5-11;/h1-5,8H,6-7,9-10H2,(H2,23,26)(H,24,27);1H. The molecule has 2 aromatic heterocycles. The highest BCUT2D eigenvalue weighted by Crippen LogP contribution is 2.38. The number of benzene rings is 1. The molecular weight excluding hydrogens is 485 g/mol. The molecule has 3 heterocycles. The van der Waals surface area contributed by atoms with Crippen molar-refractivity contribution in [2.75, 3.05) is 11.9 Å². The molecule has 5 nitrogen and oxygen atoms in total. The Morgan fingerprint density at radius 3 is 2.53 bits per heavy atom. The topological polar surface area (TPSA) is 75.4 Å². The summed E-state index contributed by atoms with van der Waals surface area (Å²) < 4.78 is 0.737. The van der Waals surface area contributed by atoms with Crippen LogP contribution >= 0.6 is 58.3 Å². The molecule has 0 saturated carbocycles. The van der Waals surface area contributed by atoms with Gasteiger partial charge in [-0.1, -0.05) is 53.5 Å². The van der Waals surface area contributed by atoms with Crippen molar-refractivity contribution in [1.29, 1.82) is 0 Å². The Labute approximate surface area is 198 Å². The summed E-state index contributed by atoms with van der Waals surface area (Å²) in [7, 11) is 0. The first-order valence-electron chi connectivity index (χ1n) is 8.89. The summed E-state index contributed by atoms with van der Waals surface area (Å²) in [6.45, 7) is 2.35. The second-order valence-corrected chi connectivity index (χ2v) is 10.1. The summed E-state index contributed by atoms with van der Waals surface area (Å²) in [4.78, 5) is 28.1. The van der Waals surface area contributed by atoms with E-state index in [9.17, 15) is 9.59 Å². The smallest absolute Gasteiger partial charge is 0.258 e. The summed E-state index contributed by atoms with van der Waals surface area (Å²) in [5, 5.41) is 3.27. The fourth-order valence-electron chi connectivity index (χ4n) is 3.45. The van der Waals surface area contributed by atoms with Crippen LogP contribution in [0.1, 0.15) is 36.7 Å². The molecule has 3 aromatic rings. The number of fused-ring (bicyclic) bond motifs is 1. The number of amides is 2. The number of halogens is 3. The first-order valence-corrected chi connectivity index (χ1v) is 11.3. The molecular formula is C20H18Cl3N3O2S2. The number of nitrogens with zero attached hydrogens (tertiary/aromatic N) is 1. The van der Waals surface area contributed by atoms with Crippen LogP contribution in [0.25, 0.3) is 0 Å². The molecule has 3 N–H and O–H groups in total. The highest BCUT2D eigenvalue weighted by molar-refractivity contribution is 7.20. The van der Waals surface area contributed by atoms with E-state index < -0.39 is 11.8 Å². The van der Waals surface area contributed by atoms with Crippen molar-refractivity contribution in [2.24, 2.45) is 5.73 Å². The Hall–Kier alpha value is -1.61. The molecule has 1 aliphatic heterocycles. The average molecular weight is 503 g/mol. The largest absolute Gasteiger partial charge is 0.365 e. The molecule has 0 fully saturated rings. The first-order chi connectivity index (χ1) is 13.9. The molecule has 30 heavy (non-hydrogen) atoms. The SMILES string of the molecule is Cl.NC(=O)c1c(NC(=O)c2cc(Cl)sc2Cl)sc2c1CCN(Cc1ccccc1)C2. The highest BCUT2D eigenvalue weighted by atomic mass is 35.5. The van der Waals surface area contributed by atoms with Gasteiger partial charge in [0.25, 0.3) is 11.8 Å². The maximum atomic E-state index is 12.6. The normalized spacial score (nSPS) is 13.4. The third-order valence-electron chi connectivity index (χ3n) is 4.76. The maximum absolute atomic E-state index is 12.6. The van der Waals surface area contributed by atoms with Gasteiger partial charge >= 0.3 is 0 Å². The zero-order valence-corrected chi connectivity index (χ0v) is 19.6. The van der Waals surface area contributed by atoms with Crippen LogP contribution in [0.4, 0.5) is 5.00 Å². The number of primary amides is 1. The van der Waals surface area contributed by atoms with Crippen LogP contribution in [0.15, 0.2) is 36.4 Å². The van der Waals surface area contributed by atoms with Crippen LogP contribution in [0.3, 0.4) is 0 Å². The molecule has 0 bridgehead atoms. The van der Waals surface area contributed by atoms with Gasteiger partial charge in [-0.05, 0) is 23.6 Å². The minimum atomic E-state index is -0.538. The fraction of sp³-hybridized carbons (Fsp3) is 0.200. The Balaban J connectivity index is 0.00000256. The lowest BCUT2D eigenvalue weighted by Gasteiger charge is -2.27. The third-order valence-corrected chi connectivity index (χ3v) is 7.38. The molecule has 0 saturated heterocycles. The monoisotopic (exact) mass is 501 g/mol. The molecule has 1 aliphatic rings. The van der Waals surface area contributed by atoms with Gasteiger partial charge < -0.3 is 11.1 Å². The van der Waals surface area contributed by atoms with E-state index in [0.717, 1.165) is 34.9 Å². The van der Waals surface area contributed by atoms with Gasteiger partial charge in [0.05, 0.1) is 15.5 Å². The molecule has 1 aromatic carbocycles. The Morgan fingerprint density at radius 1 is 1.17 bits per heavy atom. The summed E-state index contributed by atoms with van der Waals surface area (Å²) in [6.07, 6.45) is 0.706. The van der Waals surface area contributed by atoms with E-state index in [1.54, 1.807) is 0 Å². The molecule has 0 aliphatic carbocycles. The van der Waals surface area contributed by atoms with Crippen LogP contribution in [0.2, 0.25) is 8.67 Å². The fourth-order valence-corrected chi connectivity index (χ4v) is 6.20. The Kier molecular flexibility index (Phi) is 7.44. The lowest BCUT2D eigenvalue weighted by Crippen LogP contribution is -2.30. The number of rotatable bonds is 5. The summed E-state index contributed by atoms with van der Waals surface area (Å²) in [6, 6.07) is 11.8. The zero-order chi connectivity index (χ0) is 20.5. The maximum Gasteiger partial charge on any atom is 0.258 e. The van der Waals surface area contributed by atoms with Crippen LogP contribution in [-0.2, 0) is 19.5 Å². The molecule has 0 atom stereocenters. The van der Waals surface area contributed by atoms with E-state index in [4.69, 9.17) is 28.9 Å². The third kappa shape index (κ3) is 4.82. The summed E-state index contributed by atoms with van der Waals surface area (Å²) in [5.74, 6) is -0.941. The minimum Gasteiger partial charge on any atom is -0.365 e. The quantitative estimate of drug-likeness (QED) is 0.487. The second-order valence-electron chi connectivity index (χ2n) is 6.71. The predicted molar refractivity (Wildman–Crippen MR) is 127 cm³/mol. The van der Waals surface area contributed by atoms with Crippen LogP contribution in [-0.4, -0.2) is 23.3 Å².